The molecule has 3 nitrogen and oxygen atoms in total. The van der Waals surface area contributed by atoms with E-state index in [0.29, 0.717) is 6.42 Å². The van der Waals surface area contributed by atoms with Gasteiger partial charge in [-0.15, -0.1) is 0 Å². The number of aryl methyl sites for hydroxylation is 1. The molecule has 0 unspecified atom stereocenters. The molecule has 2 aromatic rings. The number of benzene rings is 1. The van der Waals surface area contributed by atoms with Crippen LogP contribution >= 0.6 is 0 Å². The number of hydrogen-bond acceptors (Lipinski definition) is 1. The maximum atomic E-state index is 13.1. The molecular formula is C13H15FN2O. The summed E-state index contributed by atoms with van der Waals surface area (Å²) in [6.07, 6.45) is 3.17. The average Bonchev–Trinajstić information content (AvgIpc) is 2.72. The molecule has 0 radical (unpaired) electrons. The number of hydrogen-bond donors (Lipinski definition) is 1. The van der Waals surface area contributed by atoms with Crippen LogP contribution < -0.4 is 5.32 Å². The van der Waals surface area contributed by atoms with E-state index in [9.17, 15) is 9.18 Å². The second kappa shape index (κ2) is 4.99. The Morgan fingerprint density at radius 1 is 1.41 bits per heavy atom. The molecule has 1 amide bonds. The van der Waals surface area contributed by atoms with E-state index in [1.165, 1.54) is 12.1 Å². The van der Waals surface area contributed by atoms with Crippen molar-refractivity contribution in [3.8, 4) is 0 Å². The van der Waals surface area contributed by atoms with Gasteiger partial charge in [-0.3, -0.25) is 4.79 Å². The van der Waals surface area contributed by atoms with E-state index >= 15 is 0 Å². The number of nitrogens with zero attached hydrogens (tertiary/aromatic N) is 1. The van der Waals surface area contributed by atoms with E-state index in [1.807, 2.05) is 16.8 Å². The summed E-state index contributed by atoms with van der Waals surface area (Å²) in [5.74, 6) is -0.198. The molecule has 1 aromatic heterocycles. The van der Waals surface area contributed by atoms with Crippen LogP contribution in [0.25, 0.3) is 10.9 Å². The summed E-state index contributed by atoms with van der Waals surface area (Å²) in [6, 6.07) is 6.70. The molecule has 0 saturated carbocycles. The number of fused-ring (bicyclic) bond motifs is 1. The lowest BCUT2D eigenvalue weighted by Crippen LogP contribution is -2.17. The van der Waals surface area contributed by atoms with Crippen LogP contribution in [0.15, 0.2) is 30.5 Å². The molecule has 2 rings (SSSR count). The van der Waals surface area contributed by atoms with E-state index < -0.39 is 0 Å². The van der Waals surface area contributed by atoms with Crippen LogP contribution in [0.3, 0.4) is 0 Å². The molecule has 0 atom stereocenters. The van der Waals surface area contributed by atoms with Gasteiger partial charge in [-0.05, 0) is 36.1 Å². The van der Waals surface area contributed by atoms with Gasteiger partial charge >= 0.3 is 0 Å². The molecule has 0 saturated heterocycles. The summed E-state index contributed by atoms with van der Waals surface area (Å²) in [6.45, 7) is 0.723. The van der Waals surface area contributed by atoms with Crippen LogP contribution in [-0.4, -0.2) is 17.5 Å². The molecule has 17 heavy (non-hydrogen) atoms. The van der Waals surface area contributed by atoms with Gasteiger partial charge in [0.1, 0.15) is 5.82 Å². The molecule has 0 bridgehead atoms. The number of amides is 1. The van der Waals surface area contributed by atoms with Gasteiger partial charge in [0.05, 0.1) is 5.52 Å². The van der Waals surface area contributed by atoms with Gasteiger partial charge < -0.3 is 9.88 Å². The zero-order chi connectivity index (χ0) is 12.3. The fraction of sp³-hybridized carbons (Fsp3) is 0.308. The fourth-order valence-corrected chi connectivity index (χ4v) is 1.89. The van der Waals surface area contributed by atoms with Crippen molar-refractivity contribution < 1.29 is 9.18 Å². The van der Waals surface area contributed by atoms with Crippen molar-refractivity contribution in [1.82, 2.24) is 9.88 Å². The Bertz CT molecular complexity index is 533. The minimum Gasteiger partial charge on any atom is -0.359 e. The second-order valence-electron chi connectivity index (χ2n) is 3.99. The van der Waals surface area contributed by atoms with Gasteiger partial charge in [-0.2, -0.15) is 0 Å². The number of rotatable bonds is 4. The van der Waals surface area contributed by atoms with Crippen molar-refractivity contribution in [3.63, 3.8) is 0 Å². The maximum absolute atomic E-state index is 13.1. The highest BCUT2D eigenvalue weighted by Crippen LogP contribution is 2.17. The van der Waals surface area contributed by atoms with Gasteiger partial charge in [0, 0.05) is 26.2 Å². The van der Waals surface area contributed by atoms with Crippen molar-refractivity contribution in [2.24, 2.45) is 0 Å². The summed E-state index contributed by atoms with van der Waals surface area (Å²) in [5.41, 5.74) is 0.877. The first-order valence-electron chi connectivity index (χ1n) is 5.65. The monoisotopic (exact) mass is 234 g/mol. The zero-order valence-electron chi connectivity index (χ0n) is 9.74. The van der Waals surface area contributed by atoms with E-state index in [2.05, 4.69) is 5.32 Å². The zero-order valence-corrected chi connectivity index (χ0v) is 9.74. The number of aromatic nitrogens is 1. The van der Waals surface area contributed by atoms with Crippen LogP contribution in [0.2, 0.25) is 0 Å². The van der Waals surface area contributed by atoms with Crippen LogP contribution in [0, 0.1) is 5.82 Å². The van der Waals surface area contributed by atoms with Crippen molar-refractivity contribution in [1.29, 1.82) is 0 Å². The summed E-state index contributed by atoms with van der Waals surface area (Å²) < 4.78 is 15.1. The van der Waals surface area contributed by atoms with E-state index in [0.717, 1.165) is 23.9 Å². The predicted molar refractivity (Wildman–Crippen MR) is 65.2 cm³/mol. The van der Waals surface area contributed by atoms with Gasteiger partial charge in [-0.25, -0.2) is 4.39 Å². The minimum absolute atomic E-state index is 0.0349. The van der Waals surface area contributed by atoms with Crippen LogP contribution in [0.4, 0.5) is 4.39 Å². The first-order valence-corrected chi connectivity index (χ1v) is 5.65. The standard InChI is InChI=1S/C13H15FN2O/c1-15-13(17)3-2-7-16-8-6-10-4-5-11(14)9-12(10)16/h4-6,8-9H,2-3,7H2,1H3,(H,15,17). The summed E-state index contributed by atoms with van der Waals surface area (Å²) in [4.78, 5) is 11.1. The average molecular weight is 234 g/mol. The second-order valence-corrected chi connectivity index (χ2v) is 3.99. The Hall–Kier alpha value is -1.84. The van der Waals surface area contributed by atoms with E-state index in [1.54, 1.807) is 13.1 Å². The smallest absolute Gasteiger partial charge is 0.219 e. The van der Waals surface area contributed by atoms with E-state index in [4.69, 9.17) is 0 Å². The summed E-state index contributed by atoms with van der Waals surface area (Å²) in [5, 5.41) is 3.60. The molecule has 0 aliphatic heterocycles. The van der Waals surface area contributed by atoms with Gasteiger partial charge in [-0.1, -0.05) is 0 Å². The first kappa shape index (κ1) is 11.6. The number of nitrogens with one attached hydrogen (secondary N) is 1. The highest BCUT2D eigenvalue weighted by molar-refractivity contribution is 5.80. The molecule has 0 fully saturated rings. The Morgan fingerprint density at radius 2 is 2.24 bits per heavy atom. The van der Waals surface area contributed by atoms with Crippen molar-refractivity contribution >= 4 is 16.8 Å². The van der Waals surface area contributed by atoms with Crippen molar-refractivity contribution in [3.05, 3.63) is 36.3 Å². The lowest BCUT2D eigenvalue weighted by Gasteiger charge is -2.05. The van der Waals surface area contributed by atoms with Crippen LogP contribution in [0.1, 0.15) is 12.8 Å². The Labute approximate surface area is 99.2 Å². The highest BCUT2D eigenvalue weighted by Gasteiger charge is 2.03. The van der Waals surface area contributed by atoms with Crippen molar-refractivity contribution in [2.75, 3.05) is 7.05 Å². The maximum Gasteiger partial charge on any atom is 0.219 e. The largest absolute Gasteiger partial charge is 0.359 e. The highest BCUT2D eigenvalue weighted by atomic mass is 19.1. The Kier molecular flexibility index (Phi) is 3.42. The SMILES string of the molecule is CNC(=O)CCCn1ccc2ccc(F)cc21. The topological polar surface area (TPSA) is 34.0 Å². The summed E-state index contributed by atoms with van der Waals surface area (Å²) >= 11 is 0. The number of halogens is 1. The molecule has 1 aromatic carbocycles. The molecule has 1 N–H and O–H groups in total. The molecule has 0 aliphatic carbocycles. The minimum atomic E-state index is -0.233. The molecule has 4 heteroatoms. The lowest BCUT2D eigenvalue weighted by molar-refractivity contribution is -0.120. The molecule has 0 spiro atoms. The van der Waals surface area contributed by atoms with Gasteiger partial charge in [0.25, 0.3) is 0 Å². The third-order valence-electron chi connectivity index (χ3n) is 2.82. The normalized spacial score (nSPS) is 10.7. The quantitative estimate of drug-likeness (QED) is 0.865. The number of carbonyl (C=O) groups excluding carboxylic acids is 1. The van der Waals surface area contributed by atoms with Crippen molar-refractivity contribution in [2.45, 2.75) is 19.4 Å². The first-order chi connectivity index (χ1) is 8.20. The number of carbonyl (C=O) groups is 1. The van der Waals surface area contributed by atoms with E-state index in [-0.39, 0.29) is 11.7 Å². The fourth-order valence-electron chi connectivity index (χ4n) is 1.89. The Balaban J connectivity index is 2.08. The molecule has 1 heterocycles. The van der Waals surface area contributed by atoms with Crippen LogP contribution in [0.5, 0.6) is 0 Å². The van der Waals surface area contributed by atoms with Gasteiger partial charge in [0.2, 0.25) is 5.91 Å². The van der Waals surface area contributed by atoms with Crippen LogP contribution in [-0.2, 0) is 11.3 Å². The molecule has 0 aliphatic rings. The third-order valence-corrected chi connectivity index (χ3v) is 2.82. The Morgan fingerprint density at radius 3 is 3.00 bits per heavy atom. The predicted octanol–water partition coefficient (Wildman–Crippen LogP) is 2.31. The third kappa shape index (κ3) is 2.64. The molecular weight excluding hydrogens is 219 g/mol. The molecule has 90 valence electrons. The summed E-state index contributed by atoms with van der Waals surface area (Å²) in [7, 11) is 1.63. The van der Waals surface area contributed by atoms with Gasteiger partial charge in [0.15, 0.2) is 0 Å². The lowest BCUT2D eigenvalue weighted by atomic mass is 10.2.